The predicted octanol–water partition coefficient (Wildman–Crippen LogP) is 3.72. The molecule has 0 fully saturated rings. The molecule has 7 heteroatoms. The average Bonchev–Trinajstić information content (AvgIpc) is 2.73. The van der Waals surface area contributed by atoms with E-state index in [1.54, 1.807) is 20.8 Å². The zero-order valence-electron chi connectivity index (χ0n) is 18.2. The summed E-state index contributed by atoms with van der Waals surface area (Å²) in [6, 6.07) is 17.7. The summed E-state index contributed by atoms with van der Waals surface area (Å²) in [7, 11) is 0. The molecule has 2 N–H and O–H groups in total. The number of carbonyl (C=O) groups is 3. The molecule has 7 nitrogen and oxygen atoms in total. The van der Waals surface area contributed by atoms with Crippen molar-refractivity contribution in [1.82, 2.24) is 10.6 Å². The highest BCUT2D eigenvalue weighted by Crippen LogP contribution is 2.10. The number of nitrogens with one attached hydrogen (secondary N) is 2. The van der Waals surface area contributed by atoms with Crippen LogP contribution in [0.5, 0.6) is 0 Å². The van der Waals surface area contributed by atoms with Gasteiger partial charge in [0.2, 0.25) is 5.91 Å². The van der Waals surface area contributed by atoms with Crippen molar-refractivity contribution in [2.75, 3.05) is 0 Å². The Bertz CT molecular complexity index is 847. The fourth-order valence-electron chi connectivity index (χ4n) is 2.69. The van der Waals surface area contributed by atoms with E-state index in [-0.39, 0.29) is 25.4 Å². The molecule has 2 amide bonds. The Labute approximate surface area is 183 Å². The number of esters is 1. The van der Waals surface area contributed by atoms with Gasteiger partial charge in [-0.3, -0.25) is 4.79 Å². The second-order valence-corrected chi connectivity index (χ2v) is 8.09. The number of carbonyl (C=O) groups excluding carboxylic acids is 3. The first-order valence-electron chi connectivity index (χ1n) is 10.2. The molecule has 0 saturated carbocycles. The average molecular weight is 427 g/mol. The molecule has 0 aliphatic rings. The number of hydrogen-bond donors (Lipinski definition) is 2. The maximum Gasteiger partial charge on any atom is 0.408 e. The first kappa shape index (κ1) is 23.9. The van der Waals surface area contributed by atoms with Gasteiger partial charge in [0.15, 0.2) is 0 Å². The van der Waals surface area contributed by atoms with E-state index in [1.807, 2.05) is 60.7 Å². The molecule has 0 spiro atoms. The number of benzene rings is 2. The topological polar surface area (TPSA) is 93.7 Å². The molecular weight excluding hydrogens is 396 g/mol. The maximum atomic E-state index is 12.6. The smallest absolute Gasteiger partial charge is 0.408 e. The lowest BCUT2D eigenvalue weighted by molar-refractivity contribution is -0.147. The van der Waals surface area contributed by atoms with E-state index in [2.05, 4.69) is 10.6 Å². The van der Waals surface area contributed by atoms with Gasteiger partial charge in [-0.2, -0.15) is 0 Å². The van der Waals surface area contributed by atoms with Gasteiger partial charge in [-0.15, -0.1) is 0 Å². The minimum atomic E-state index is -0.999. The summed E-state index contributed by atoms with van der Waals surface area (Å²) in [4.78, 5) is 37.0. The number of alkyl carbamates (subject to hydrolysis) is 1. The van der Waals surface area contributed by atoms with E-state index in [9.17, 15) is 14.4 Å². The molecule has 2 rings (SSSR count). The highest BCUT2D eigenvalue weighted by atomic mass is 16.6. The standard InChI is InChI=1S/C24H30N2O5/c1-24(2,3)31-23(29)26-20(22(28)30-17-19-12-8-5-9-13-19)14-15-21(27)25-16-18-10-6-4-7-11-18/h4-13,20H,14-17H2,1-3H3,(H,25,27)(H,26,29)/t20-/m0/s1. The van der Waals surface area contributed by atoms with Gasteiger partial charge in [0, 0.05) is 13.0 Å². The molecule has 0 aromatic heterocycles. The van der Waals surface area contributed by atoms with E-state index in [0.29, 0.717) is 6.54 Å². The fraction of sp³-hybridized carbons (Fsp3) is 0.375. The van der Waals surface area contributed by atoms with Crippen molar-refractivity contribution < 1.29 is 23.9 Å². The molecule has 31 heavy (non-hydrogen) atoms. The highest BCUT2D eigenvalue weighted by Gasteiger charge is 2.26. The summed E-state index contributed by atoms with van der Waals surface area (Å²) >= 11 is 0. The molecule has 0 aliphatic heterocycles. The minimum Gasteiger partial charge on any atom is -0.459 e. The molecule has 0 radical (unpaired) electrons. The van der Waals surface area contributed by atoms with E-state index in [1.165, 1.54) is 0 Å². The van der Waals surface area contributed by atoms with Gasteiger partial charge in [-0.25, -0.2) is 9.59 Å². The highest BCUT2D eigenvalue weighted by molar-refractivity contribution is 5.83. The summed E-state index contributed by atoms with van der Waals surface area (Å²) in [6.45, 7) is 5.65. The van der Waals surface area contributed by atoms with E-state index < -0.39 is 23.7 Å². The van der Waals surface area contributed by atoms with Crippen molar-refractivity contribution in [1.29, 1.82) is 0 Å². The molecule has 0 aliphatic carbocycles. The summed E-state index contributed by atoms with van der Waals surface area (Å²) in [5.74, 6) is -0.846. The van der Waals surface area contributed by atoms with Crippen LogP contribution >= 0.6 is 0 Å². The lowest BCUT2D eigenvalue weighted by Gasteiger charge is -2.23. The van der Waals surface area contributed by atoms with Crippen LogP contribution in [0.2, 0.25) is 0 Å². The summed E-state index contributed by atoms with van der Waals surface area (Å²) in [6.07, 6.45) is -0.597. The second-order valence-electron chi connectivity index (χ2n) is 8.09. The van der Waals surface area contributed by atoms with Crippen molar-refractivity contribution >= 4 is 18.0 Å². The molecule has 166 valence electrons. The molecule has 0 bridgehead atoms. The number of amides is 2. The van der Waals surface area contributed by atoms with Crippen molar-refractivity contribution in [3.63, 3.8) is 0 Å². The van der Waals surface area contributed by atoms with Crippen molar-refractivity contribution in [3.05, 3.63) is 71.8 Å². The van der Waals surface area contributed by atoms with E-state index in [0.717, 1.165) is 11.1 Å². The van der Waals surface area contributed by atoms with Crippen LogP contribution in [0.15, 0.2) is 60.7 Å². The predicted molar refractivity (Wildman–Crippen MR) is 117 cm³/mol. The molecule has 1 atom stereocenters. The zero-order valence-corrected chi connectivity index (χ0v) is 18.2. The number of rotatable bonds is 9. The Morgan fingerprint density at radius 3 is 2.06 bits per heavy atom. The van der Waals surface area contributed by atoms with Gasteiger partial charge < -0.3 is 20.1 Å². The van der Waals surface area contributed by atoms with Crippen LogP contribution in [0.4, 0.5) is 4.79 Å². The normalized spacial score (nSPS) is 11.8. The quantitative estimate of drug-likeness (QED) is 0.596. The third-order valence-corrected chi connectivity index (χ3v) is 4.19. The lowest BCUT2D eigenvalue weighted by atomic mass is 10.1. The monoisotopic (exact) mass is 426 g/mol. The molecule has 0 unspecified atom stereocenters. The molecule has 0 saturated heterocycles. The van der Waals surface area contributed by atoms with Gasteiger partial charge in [0.1, 0.15) is 18.2 Å². The first-order chi connectivity index (χ1) is 14.7. The van der Waals surface area contributed by atoms with Crippen molar-refractivity contribution in [2.45, 2.75) is 58.4 Å². The van der Waals surface area contributed by atoms with Gasteiger partial charge in [0.05, 0.1) is 0 Å². The lowest BCUT2D eigenvalue weighted by Crippen LogP contribution is -2.44. The van der Waals surface area contributed by atoms with Crippen LogP contribution in [0.1, 0.15) is 44.7 Å². The molecule has 0 heterocycles. The van der Waals surface area contributed by atoms with Crippen LogP contribution in [-0.2, 0) is 32.2 Å². The Morgan fingerprint density at radius 1 is 0.903 bits per heavy atom. The molecule has 2 aromatic carbocycles. The Kier molecular flexibility index (Phi) is 9.06. The molecular formula is C24H30N2O5. The minimum absolute atomic E-state index is 0.0493. The third kappa shape index (κ3) is 9.80. The van der Waals surface area contributed by atoms with Crippen LogP contribution in [0.3, 0.4) is 0 Å². The van der Waals surface area contributed by atoms with Gasteiger partial charge in [-0.1, -0.05) is 60.7 Å². The van der Waals surface area contributed by atoms with Crippen LogP contribution in [0.25, 0.3) is 0 Å². The summed E-state index contributed by atoms with van der Waals surface area (Å²) in [5.41, 5.74) is 1.09. The Morgan fingerprint density at radius 2 is 1.48 bits per heavy atom. The van der Waals surface area contributed by atoms with Crippen molar-refractivity contribution in [2.24, 2.45) is 0 Å². The summed E-state index contributed by atoms with van der Waals surface area (Å²) in [5, 5.41) is 5.33. The van der Waals surface area contributed by atoms with Crippen LogP contribution < -0.4 is 10.6 Å². The van der Waals surface area contributed by atoms with Crippen molar-refractivity contribution in [3.8, 4) is 0 Å². The van der Waals surface area contributed by atoms with E-state index in [4.69, 9.17) is 9.47 Å². The Hall–Kier alpha value is -3.35. The SMILES string of the molecule is CC(C)(C)OC(=O)N[C@@H](CCC(=O)NCc1ccccc1)C(=O)OCc1ccccc1. The summed E-state index contributed by atoms with van der Waals surface area (Å²) < 4.78 is 10.6. The van der Waals surface area contributed by atoms with Crippen LogP contribution in [0, 0.1) is 0 Å². The van der Waals surface area contributed by atoms with Gasteiger partial charge in [0.25, 0.3) is 0 Å². The number of ether oxygens (including phenoxy) is 2. The largest absolute Gasteiger partial charge is 0.459 e. The van der Waals surface area contributed by atoms with Crippen LogP contribution in [-0.4, -0.2) is 29.6 Å². The molecule has 2 aromatic rings. The third-order valence-electron chi connectivity index (χ3n) is 4.19. The zero-order chi connectivity index (χ0) is 22.7. The van der Waals surface area contributed by atoms with Gasteiger partial charge >= 0.3 is 12.1 Å². The number of hydrogen-bond acceptors (Lipinski definition) is 5. The van der Waals surface area contributed by atoms with Gasteiger partial charge in [-0.05, 0) is 38.3 Å². The second kappa shape index (κ2) is 11.7. The Balaban J connectivity index is 1.91. The van der Waals surface area contributed by atoms with E-state index >= 15 is 0 Å². The first-order valence-corrected chi connectivity index (χ1v) is 10.2. The maximum absolute atomic E-state index is 12.6. The fourth-order valence-corrected chi connectivity index (χ4v) is 2.69.